The number of aromatic hydroxyl groups is 1. The molecule has 3 rings (SSSR count). The Morgan fingerprint density at radius 1 is 1.03 bits per heavy atom. The van der Waals surface area contributed by atoms with Crippen molar-refractivity contribution in [2.24, 2.45) is 0 Å². The van der Waals surface area contributed by atoms with E-state index in [1.807, 2.05) is 27.7 Å². The Morgan fingerprint density at radius 3 is 2.14 bits per heavy atom. The fraction of sp³-hybridized carbons (Fsp3) is 0.348. The van der Waals surface area contributed by atoms with Crippen molar-refractivity contribution in [2.75, 3.05) is 0 Å². The number of aromatic nitrogens is 1. The largest absolute Gasteiger partial charge is 0.609 e. The molecule has 2 aromatic rings. The summed E-state index contributed by atoms with van der Waals surface area (Å²) in [7, 11) is -2.64. The molecule has 0 aliphatic carbocycles. The van der Waals surface area contributed by atoms with Crippen molar-refractivity contribution in [3.63, 3.8) is 0 Å². The Labute approximate surface area is 171 Å². The maximum atomic E-state index is 14.2. The van der Waals surface area contributed by atoms with E-state index in [0.717, 1.165) is 50.1 Å². The molecular formula is C23H28BF2N2O. The summed E-state index contributed by atoms with van der Waals surface area (Å²) in [6.07, 6.45) is 1.56. The van der Waals surface area contributed by atoms with Crippen molar-refractivity contribution < 1.29 is 18.2 Å². The second-order valence-electron chi connectivity index (χ2n) is 7.54. The fourth-order valence-corrected chi connectivity index (χ4v) is 4.58. The summed E-state index contributed by atoms with van der Waals surface area (Å²) in [5.41, 5.74) is 8.68. The third-order valence-electron chi connectivity index (χ3n) is 5.98. The lowest BCUT2D eigenvalue weighted by molar-refractivity contribution is -0.343. The number of phenols is 1. The number of halogens is 2. The van der Waals surface area contributed by atoms with Gasteiger partial charge in [-0.2, -0.15) is 0 Å². The molecule has 3 nitrogen and oxygen atoms in total. The van der Waals surface area contributed by atoms with Crippen molar-refractivity contribution in [3.8, 4) is 5.75 Å². The summed E-state index contributed by atoms with van der Waals surface area (Å²) >= 11 is 0. The van der Waals surface area contributed by atoms with Crippen molar-refractivity contribution in [1.82, 2.24) is 4.98 Å². The Balaban J connectivity index is 2.46. The van der Waals surface area contributed by atoms with Crippen LogP contribution >= 0.6 is 0 Å². The molecule has 1 aliphatic rings. The first-order valence-corrected chi connectivity index (χ1v) is 10.1. The first-order chi connectivity index (χ1) is 13.7. The SMILES string of the molecule is CCC1=C(C)C(=C(c2ccc(O)cc2)c2[nH]c(C)c(CC)c2C)[N+]([B-](F)F)=C1C. The summed E-state index contributed by atoms with van der Waals surface area (Å²) in [5, 5.41) is 9.76. The van der Waals surface area contributed by atoms with E-state index in [4.69, 9.17) is 0 Å². The lowest BCUT2D eigenvalue weighted by Crippen LogP contribution is -2.25. The van der Waals surface area contributed by atoms with Gasteiger partial charge in [0, 0.05) is 23.8 Å². The van der Waals surface area contributed by atoms with Crippen LogP contribution in [0.2, 0.25) is 0 Å². The molecule has 1 aromatic heterocycles. The van der Waals surface area contributed by atoms with E-state index in [0.29, 0.717) is 17.8 Å². The van der Waals surface area contributed by atoms with Crippen molar-refractivity contribution in [3.05, 3.63) is 69.2 Å². The van der Waals surface area contributed by atoms with Gasteiger partial charge >= 0.3 is 7.40 Å². The van der Waals surface area contributed by atoms with Gasteiger partial charge in [-0.3, -0.25) is 0 Å². The standard InChI is InChI=1S/C23H27BF2N2O/c1-7-19-13(3)22(27-15(19)5)21(17-9-11-18(29)12-10-17)23-14(4)20(8-2)16(6)28(23)24(25)26/h9-12,27H,7-8H2,1-6H3/q-1/p+1. The second-order valence-corrected chi connectivity index (χ2v) is 7.54. The Hall–Kier alpha value is -2.63. The average molecular weight is 397 g/mol. The normalized spacial score (nSPS) is 16.4. The summed E-state index contributed by atoms with van der Waals surface area (Å²) in [6.45, 7) is 11.8. The number of nitrogens with one attached hydrogen (secondary N) is 1. The minimum absolute atomic E-state index is 0.146. The topological polar surface area (TPSA) is 39.0 Å². The van der Waals surface area contributed by atoms with Gasteiger partial charge in [0.25, 0.3) is 0 Å². The molecule has 0 saturated heterocycles. The maximum absolute atomic E-state index is 14.2. The van der Waals surface area contributed by atoms with E-state index >= 15 is 0 Å². The highest BCUT2D eigenvalue weighted by Crippen LogP contribution is 2.39. The van der Waals surface area contributed by atoms with E-state index in [1.165, 1.54) is 5.56 Å². The number of hydrogen-bond acceptors (Lipinski definition) is 1. The number of aryl methyl sites for hydroxylation is 1. The molecule has 0 unspecified atom stereocenters. The lowest BCUT2D eigenvalue weighted by Gasteiger charge is -2.17. The third-order valence-corrected chi connectivity index (χ3v) is 5.98. The van der Waals surface area contributed by atoms with E-state index in [9.17, 15) is 13.7 Å². The number of H-pyrrole nitrogens is 1. The van der Waals surface area contributed by atoms with Crippen molar-refractivity contribution in [2.45, 2.75) is 54.4 Å². The van der Waals surface area contributed by atoms with Gasteiger partial charge in [0.15, 0.2) is 5.70 Å². The summed E-state index contributed by atoms with van der Waals surface area (Å²) in [4.78, 5) is 3.46. The van der Waals surface area contributed by atoms with Gasteiger partial charge in [0.2, 0.25) is 0 Å². The molecule has 0 spiro atoms. The number of phenolic OH excluding ortho intramolecular Hbond substituents is 1. The van der Waals surface area contributed by atoms with Gasteiger partial charge < -0.3 is 23.2 Å². The van der Waals surface area contributed by atoms with Gasteiger partial charge in [-0.1, -0.05) is 26.0 Å². The maximum Gasteiger partial charge on any atom is 0.609 e. The molecule has 1 aliphatic heterocycles. The van der Waals surface area contributed by atoms with E-state index in [2.05, 4.69) is 11.9 Å². The molecule has 29 heavy (non-hydrogen) atoms. The van der Waals surface area contributed by atoms with Gasteiger partial charge in [-0.15, -0.1) is 0 Å². The van der Waals surface area contributed by atoms with Crippen LogP contribution in [0.3, 0.4) is 0 Å². The molecule has 2 heterocycles. The highest BCUT2D eigenvalue weighted by Gasteiger charge is 2.36. The Kier molecular flexibility index (Phi) is 5.83. The van der Waals surface area contributed by atoms with Gasteiger partial charge in [0.05, 0.1) is 11.3 Å². The molecule has 0 amide bonds. The van der Waals surface area contributed by atoms with Gasteiger partial charge in [-0.05, 0) is 62.4 Å². The zero-order valence-corrected chi connectivity index (χ0v) is 18.0. The number of hydrogen-bond donors (Lipinski definition) is 2. The summed E-state index contributed by atoms with van der Waals surface area (Å²) in [6, 6.07) is 6.77. The van der Waals surface area contributed by atoms with Gasteiger partial charge in [0.1, 0.15) is 11.5 Å². The molecule has 1 radical (unpaired) electrons. The van der Waals surface area contributed by atoms with Crippen LogP contribution in [0, 0.1) is 13.8 Å². The molecule has 6 heteroatoms. The monoisotopic (exact) mass is 397 g/mol. The number of rotatable bonds is 5. The first-order valence-electron chi connectivity index (χ1n) is 10.1. The fourth-order valence-electron chi connectivity index (χ4n) is 4.58. The number of aromatic amines is 1. The van der Waals surface area contributed by atoms with Crippen LogP contribution in [0.5, 0.6) is 5.75 Å². The quantitative estimate of drug-likeness (QED) is 0.616. The molecule has 153 valence electrons. The Morgan fingerprint density at radius 2 is 1.66 bits per heavy atom. The highest BCUT2D eigenvalue weighted by molar-refractivity contribution is 6.35. The van der Waals surface area contributed by atoms with Crippen molar-refractivity contribution in [1.29, 1.82) is 0 Å². The van der Waals surface area contributed by atoms with Crippen LogP contribution in [-0.2, 0) is 6.42 Å². The molecule has 1 aromatic carbocycles. The van der Waals surface area contributed by atoms with Crippen LogP contribution in [0.1, 0.15) is 62.2 Å². The third kappa shape index (κ3) is 3.45. The predicted octanol–water partition coefficient (Wildman–Crippen LogP) is 5.80. The molecule has 0 bridgehead atoms. The van der Waals surface area contributed by atoms with Crippen LogP contribution in [0.4, 0.5) is 8.63 Å². The van der Waals surface area contributed by atoms with E-state index in [-0.39, 0.29) is 5.75 Å². The molecular weight excluding hydrogens is 369 g/mol. The molecule has 0 atom stereocenters. The summed E-state index contributed by atoms with van der Waals surface area (Å²) in [5.74, 6) is 0.146. The van der Waals surface area contributed by atoms with Crippen LogP contribution in [-0.4, -0.2) is 27.7 Å². The number of allylic oxidation sites excluding steroid dienone is 2. The first kappa shape index (κ1) is 21.1. The van der Waals surface area contributed by atoms with Crippen LogP contribution < -0.4 is 0 Å². The lowest BCUT2D eigenvalue weighted by atomic mass is 9.92. The van der Waals surface area contributed by atoms with Crippen molar-refractivity contribution >= 4 is 18.7 Å². The zero-order chi connectivity index (χ0) is 21.5. The second kappa shape index (κ2) is 8.01. The average Bonchev–Trinajstić information content (AvgIpc) is 3.09. The summed E-state index contributed by atoms with van der Waals surface area (Å²) < 4.78 is 29.6. The minimum Gasteiger partial charge on any atom is -0.508 e. The molecule has 0 fully saturated rings. The minimum atomic E-state index is -2.64. The Bertz CT molecular complexity index is 1040. The van der Waals surface area contributed by atoms with Crippen LogP contribution in [0.25, 0.3) is 5.57 Å². The zero-order valence-electron chi connectivity index (χ0n) is 18.0. The van der Waals surface area contributed by atoms with E-state index in [1.54, 1.807) is 31.2 Å². The molecule has 2 N–H and O–H groups in total. The van der Waals surface area contributed by atoms with Gasteiger partial charge in [-0.25, -0.2) is 0 Å². The number of benzene rings is 1. The van der Waals surface area contributed by atoms with Crippen LogP contribution in [0.15, 0.2) is 41.1 Å². The number of nitrogens with zero attached hydrogens (tertiary/aromatic N) is 1. The molecule has 0 saturated carbocycles. The highest BCUT2D eigenvalue weighted by atomic mass is 19.2. The smallest absolute Gasteiger partial charge is 0.508 e. The van der Waals surface area contributed by atoms with E-state index < -0.39 is 7.40 Å². The predicted molar refractivity (Wildman–Crippen MR) is 116 cm³/mol.